The van der Waals surface area contributed by atoms with Gasteiger partial charge in [0.15, 0.2) is 0 Å². The lowest BCUT2D eigenvalue weighted by Crippen LogP contribution is -1.91. The van der Waals surface area contributed by atoms with E-state index in [4.69, 9.17) is 5.73 Å². The van der Waals surface area contributed by atoms with Gasteiger partial charge in [0.25, 0.3) is 0 Å². The van der Waals surface area contributed by atoms with Crippen molar-refractivity contribution < 1.29 is 4.39 Å². The molecule has 15 heavy (non-hydrogen) atoms. The SMILES string of the molecule is Cc1ccc(F)c(-c2csc(CN)c2)c1. The highest BCUT2D eigenvalue weighted by Crippen LogP contribution is 2.28. The summed E-state index contributed by atoms with van der Waals surface area (Å²) in [5.41, 5.74) is 8.16. The van der Waals surface area contributed by atoms with Gasteiger partial charge in [-0.1, -0.05) is 11.6 Å². The molecule has 0 bridgehead atoms. The third-order valence-corrected chi connectivity index (χ3v) is 3.25. The third-order valence-electron chi connectivity index (χ3n) is 2.29. The van der Waals surface area contributed by atoms with Crippen LogP contribution in [0.2, 0.25) is 0 Å². The highest BCUT2D eigenvalue weighted by molar-refractivity contribution is 7.10. The monoisotopic (exact) mass is 221 g/mol. The van der Waals surface area contributed by atoms with Crippen LogP contribution in [0.1, 0.15) is 10.4 Å². The van der Waals surface area contributed by atoms with Gasteiger partial charge in [0.2, 0.25) is 0 Å². The lowest BCUT2D eigenvalue weighted by molar-refractivity contribution is 0.631. The Morgan fingerprint density at radius 1 is 1.33 bits per heavy atom. The zero-order valence-corrected chi connectivity index (χ0v) is 9.27. The first-order valence-corrected chi connectivity index (χ1v) is 5.62. The summed E-state index contributed by atoms with van der Waals surface area (Å²) >= 11 is 1.57. The van der Waals surface area contributed by atoms with Gasteiger partial charge in [-0.2, -0.15) is 0 Å². The molecule has 0 spiro atoms. The lowest BCUT2D eigenvalue weighted by Gasteiger charge is -2.01. The van der Waals surface area contributed by atoms with E-state index in [0.717, 1.165) is 16.0 Å². The normalized spacial score (nSPS) is 10.6. The molecule has 0 amide bonds. The van der Waals surface area contributed by atoms with E-state index < -0.39 is 0 Å². The molecular weight excluding hydrogens is 209 g/mol. The first-order chi connectivity index (χ1) is 7.20. The quantitative estimate of drug-likeness (QED) is 0.827. The molecule has 0 aliphatic rings. The molecule has 1 aromatic carbocycles. The minimum atomic E-state index is -0.179. The van der Waals surface area contributed by atoms with E-state index in [1.165, 1.54) is 6.07 Å². The van der Waals surface area contributed by atoms with Gasteiger partial charge in [-0.25, -0.2) is 4.39 Å². The Morgan fingerprint density at radius 2 is 2.13 bits per heavy atom. The Morgan fingerprint density at radius 3 is 2.80 bits per heavy atom. The maximum atomic E-state index is 13.5. The largest absolute Gasteiger partial charge is 0.326 e. The van der Waals surface area contributed by atoms with Crippen LogP contribution in [0.25, 0.3) is 11.1 Å². The molecule has 0 saturated carbocycles. The van der Waals surface area contributed by atoms with E-state index >= 15 is 0 Å². The Balaban J connectivity index is 2.48. The van der Waals surface area contributed by atoms with Gasteiger partial charge in [0, 0.05) is 17.0 Å². The third kappa shape index (κ3) is 2.08. The lowest BCUT2D eigenvalue weighted by atomic mass is 10.1. The van der Waals surface area contributed by atoms with E-state index in [1.54, 1.807) is 17.4 Å². The molecule has 2 rings (SSSR count). The fourth-order valence-corrected chi connectivity index (χ4v) is 2.25. The summed E-state index contributed by atoms with van der Waals surface area (Å²) in [6.07, 6.45) is 0. The molecule has 3 heteroatoms. The van der Waals surface area contributed by atoms with E-state index in [9.17, 15) is 4.39 Å². The Kier molecular flexibility index (Phi) is 2.84. The number of halogens is 1. The van der Waals surface area contributed by atoms with Crippen LogP contribution < -0.4 is 5.73 Å². The molecule has 0 atom stereocenters. The van der Waals surface area contributed by atoms with Gasteiger partial charge in [-0.3, -0.25) is 0 Å². The minimum absolute atomic E-state index is 0.179. The highest BCUT2D eigenvalue weighted by Gasteiger charge is 2.07. The molecule has 1 aromatic heterocycles. The summed E-state index contributed by atoms with van der Waals surface area (Å²) in [5.74, 6) is -0.179. The van der Waals surface area contributed by atoms with Crippen molar-refractivity contribution in [2.45, 2.75) is 13.5 Å². The second-order valence-electron chi connectivity index (χ2n) is 3.49. The Bertz CT molecular complexity index is 476. The molecule has 0 fully saturated rings. The van der Waals surface area contributed by atoms with Crippen molar-refractivity contribution in [2.75, 3.05) is 0 Å². The molecule has 2 aromatic rings. The minimum Gasteiger partial charge on any atom is -0.326 e. The zero-order valence-electron chi connectivity index (χ0n) is 8.46. The maximum absolute atomic E-state index is 13.5. The van der Waals surface area contributed by atoms with Crippen LogP contribution in [0.15, 0.2) is 29.6 Å². The molecule has 0 radical (unpaired) electrons. The summed E-state index contributed by atoms with van der Waals surface area (Å²) in [4.78, 5) is 1.07. The second kappa shape index (κ2) is 4.13. The first-order valence-electron chi connectivity index (χ1n) is 4.74. The second-order valence-corrected chi connectivity index (χ2v) is 4.48. The average molecular weight is 221 g/mol. The van der Waals surface area contributed by atoms with Crippen LogP contribution in [-0.2, 0) is 6.54 Å². The van der Waals surface area contributed by atoms with Crippen molar-refractivity contribution >= 4 is 11.3 Å². The number of benzene rings is 1. The van der Waals surface area contributed by atoms with Gasteiger partial charge in [0.05, 0.1) is 0 Å². The number of rotatable bonds is 2. The smallest absolute Gasteiger partial charge is 0.131 e. The molecule has 2 N–H and O–H groups in total. The molecular formula is C12H12FNS. The van der Waals surface area contributed by atoms with Crippen LogP contribution in [0, 0.1) is 12.7 Å². The van der Waals surface area contributed by atoms with Crippen LogP contribution in [0.3, 0.4) is 0 Å². The summed E-state index contributed by atoms with van der Waals surface area (Å²) in [7, 11) is 0. The summed E-state index contributed by atoms with van der Waals surface area (Å²) in [6.45, 7) is 2.47. The Labute approximate surface area is 92.4 Å². The van der Waals surface area contributed by atoms with E-state index in [-0.39, 0.29) is 5.82 Å². The van der Waals surface area contributed by atoms with Crippen molar-refractivity contribution in [3.05, 3.63) is 45.9 Å². The van der Waals surface area contributed by atoms with Crippen LogP contribution in [-0.4, -0.2) is 0 Å². The van der Waals surface area contributed by atoms with Gasteiger partial charge in [0.1, 0.15) is 5.82 Å². The number of thiophene rings is 1. The molecule has 78 valence electrons. The Hall–Kier alpha value is -1.19. The standard InChI is InChI=1S/C12H12FNS/c1-8-2-3-12(13)11(4-8)9-5-10(6-14)15-7-9/h2-5,7H,6,14H2,1H3. The highest BCUT2D eigenvalue weighted by atomic mass is 32.1. The van der Waals surface area contributed by atoms with Gasteiger partial charge in [-0.05, 0) is 36.1 Å². The molecule has 1 nitrogen and oxygen atoms in total. The topological polar surface area (TPSA) is 26.0 Å². The maximum Gasteiger partial charge on any atom is 0.131 e. The van der Waals surface area contributed by atoms with E-state index in [1.807, 2.05) is 24.4 Å². The predicted octanol–water partition coefficient (Wildman–Crippen LogP) is 3.32. The van der Waals surface area contributed by atoms with Crippen molar-refractivity contribution in [2.24, 2.45) is 5.73 Å². The van der Waals surface area contributed by atoms with Gasteiger partial charge < -0.3 is 5.73 Å². The molecule has 0 unspecified atom stereocenters. The van der Waals surface area contributed by atoms with Crippen LogP contribution >= 0.6 is 11.3 Å². The molecule has 1 heterocycles. The van der Waals surface area contributed by atoms with Gasteiger partial charge >= 0.3 is 0 Å². The fraction of sp³-hybridized carbons (Fsp3) is 0.167. The zero-order chi connectivity index (χ0) is 10.8. The van der Waals surface area contributed by atoms with E-state index in [0.29, 0.717) is 12.1 Å². The van der Waals surface area contributed by atoms with Crippen molar-refractivity contribution in [3.63, 3.8) is 0 Å². The molecule has 0 aliphatic heterocycles. The van der Waals surface area contributed by atoms with Crippen molar-refractivity contribution in [1.82, 2.24) is 0 Å². The number of hydrogen-bond donors (Lipinski definition) is 1. The number of aryl methyl sites for hydroxylation is 1. The molecule has 0 aliphatic carbocycles. The number of hydrogen-bond acceptors (Lipinski definition) is 2. The number of nitrogens with two attached hydrogens (primary N) is 1. The van der Waals surface area contributed by atoms with Crippen LogP contribution in [0.4, 0.5) is 4.39 Å². The average Bonchev–Trinajstić information content (AvgIpc) is 2.70. The van der Waals surface area contributed by atoms with Crippen LogP contribution in [0.5, 0.6) is 0 Å². The van der Waals surface area contributed by atoms with Gasteiger partial charge in [-0.15, -0.1) is 11.3 Å². The molecule has 0 saturated heterocycles. The van der Waals surface area contributed by atoms with Crippen molar-refractivity contribution in [3.8, 4) is 11.1 Å². The van der Waals surface area contributed by atoms with E-state index in [2.05, 4.69) is 0 Å². The summed E-state index contributed by atoms with van der Waals surface area (Å²) in [6, 6.07) is 7.08. The van der Waals surface area contributed by atoms with Crippen molar-refractivity contribution in [1.29, 1.82) is 0 Å². The summed E-state index contributed by atoms with van der Waals surface area (Å²) in [5, 5.41) is 1.94. The first kappa shape index (κ1) is 10.3. The summed E-state index contributed by atoms with van der Waals surface area (Å²) < 4.78 is 13.5. The predicted molar refractivity (Wildman–Crippen MR) is 62.3 cm³/mol. The fourth-order valence-electron chi connectivity index (χ4n) is 1.49.